The maximum absolute atomic E-state index is 13.2. The lowest BCUT2D eigenvalue weighted by atomic mass is 10.1. The summed E-state index contributed by atoms with van der Waals surface area (Å²) < 4.78 is 33.0. The van der Waals surface area contributed by atoms with E-state index in [0.717, 1.165) is 19.4 Å². The molecule has 0 amide bonds. The molecule has 0 aliphatic carbocycles. The van der Waals surface area contributed by atoms with Crippen molar-refractivity contribution in [2.75, 3.05) is 26.2 Å². The van der Waals surface area contributed by atoms with Crippen LogP contribution in [0.15, 0.2) is 23.1 Å². The van der Waals surface area contributed by atoms with E-state index >= 15 is 0 Å². The molecule has 0 spiro atoms. The van der Waals surface area contributed by atoms with Crippen LogP contribution in [0, 0.1) is 6.92 Å². The Hall–Kier alpha value is -1.44. The largest absolute Gasteiger partial charge is 0.462 e. The van der Waals surface area contributed by atoms with Crippen LogP contribution in [0.5, 0.6) is 0 Å². The number of esters is 1. The third-order valence-corrected chi connectivity index (χ3v) is 6.27. The Labute approximate surface area is 144 Å². The van der Waals surface area contributed by atoms with Gasteiger partial charge in [-0.05, 0) is 50.9 Å². The van der Waals surface area contributed by atoms with Crippen LogP contribution in [0.2, 0.25) is 0 Å². The van der Waals surface area contributed by atoms with Gasteiger partial charge in [-0.1, -0.05) is 13.0 Å². The van der Waals surface area contributed by atoms with Crippen molar-refractivity contribution >= 4 is 16.0 Å². The maximum Gasteiger partial charge on any atom is 0.338 e. The van der Waals surface area contributed by atoms with Gasteiger partial charge >= 0.3 is 5.97 Å². The lowest BCUT2D eigenvalue weighted by molar-refractivity contribution is 0.0526. The summed E-state index contributed by atoms with van der Waals surface area (Å²) in [4.78, 5) is 12.1. The van der Waals surface area contributed by atoms with Crippen molar-refractivity contribution in [1.29, 1.82) is 0 Å². The van der Waals surface area contributed by atoms with Crippen LogP contribution in [-0.4, -0.2) is 51.0 Å². The maximum atomic E-state index is 13.2. The molecule has 1 atom stereocenters. The van der Waals surface area contributed by atoms with Gasteiger partial charge in [0.1, 0.15) is 0 Å². The van der Waals surface area contributed by atoms with Gasteiger partial charge < -0.3 is 10.1 Å². The average Bonchev–Trinajstić information content (AvgIpc) is 3.06. The Morgan fingerprint density at radius 1 is 1.38 bits per heavy atom. The minimum absolute atomic E-state index is 0.0411. The quantitative estimate of drug-likeness (QED) is 0.757. The Morgan fingerprint density at radius 3 is 2.71 bits per heavy atom. The van der Waals surface area contributed by atoms with Gasteiger partial charge in [-0.15, -0.1) is 0 Å². The molecular formula is C17H26N2O4S. The van der Waals surface area contributed by atoms with E-state index in [1.54, 1.807) is 30.3 Å². The summed E-state index contributed by atoms with van der Waals surface area (Å²) in [5, 5.41) is 3.22. The van der Waals surface area contributed by atoms with E-state index in [-0.39, 0.29) is 23.1 Å². The molecule has 1 saturated heterocycles. The van der Waals surface area contributed by atoms with E-state index in [9.17, 15) is 13.2 Å². The molecule has 1 aliphatic rings. The zero-order valence-corrected chi connectivity index (χ0v) is 15.4. The summed E-state index contributed by atoms with van der Waals surface area (Å²) >= 11 is 0. The summed E-state index contributed by atoms with van der Waals surface area (Å²) in [7, 11) is -3.66. The summed E-state index contributed by atoms with van der Waals surface area (Å²) in [5.74, 6) is -0.501. The third kappa shape index (κ3) is 3.96. The molecule has 1 heterocycles. The molecule has 0 saturated carbocycles. The average molecular weight is 354 g/mol. The fraction of sp³-hybridized carbons (Fsp3) is 0.588. The molecule has 1 unspecified atom stereocenters. The summed E-state index contributed by atoms with van der Waals surface area (Å²) in [6, 6.07) is 4.66. The van der Waals surface area contributed by atoms with Crippen molar-refractivity contribution in [3.05, 3.63) is 29.3 Å². The minimum atomic E-state index is -3.66. The molecule has 0 radical (unpaired) electrons. The van der Waals surface area contributed by atoms with Crippen molar-refractivity contribution in [3.63, 3.8) is 0 Å². The van der Waals surface area contributed by atoms with Crippen LogP contribution in [-0.2, 0) is 14.8 Å². The topological polar surface area (TPSA) is 75.7 Å². The van der Waals surface area contributed by atoms with Crippen LogP contribution in [0.3, 0.4) is 0 Å². The first-order valence-electron chi connectivity index (χ1n) is 8.42. The van der Waals surface area contributed by atoms with Crippen LogP contribution in [0.4, 0.5) is 0 Å². The van der Waals surface area contributed by atoms with Crippen LogP contribution < -0.4 is 5.32 Å². The first-order chi connectivity index (χ1) is 11.4. The van der Waals surface area contributed by atoms with Crippen LogP contribution >= 0.6 is 0 Å². The van der Waals surface area contributed by atoms with Crippen molar-refractivity contribution in [3.8, 4) is 0 Å². The number of benzene rings is 1. The summed E-state index contributed by atoms with van der Waals surface area (Å²) in [5.41, 5.74) is 0.900. The molecule has 7 heteroatoms. The highest BCUT2D eigenvalue weighted by molar-refractivity contribution is 7.89. The number of aryl methyl sites for hydroxylation is 1. The fourth-order valence-corrected chi connectivity index (χ4v) is 4.95. The number of hydrogen-bond donors (Lipinski definition) is 1. The lowest BCUT2D eigenvalue weighted by Crippen LogP contribution is -2.42. The number of nitrogens with one attached hydrogen (secondary N) is 1. The lowest BCUT2D eigenvalue weighted by Gasteiger charge is -2.28. The van der Waals surface area contributed by atoms with Crippen LogP contribution in [0.25, 0.3) is 0 Å². The van der Waals surface area contributed by atoms with Gasteiger partial charge in [-0.3, -0.25) is 0 Å². The van der Waals surface area contributed by atoms with Gasteiger partial charge in [0.2, 0.25) is 10.0 Å². The smallest absolute Gasteiger partial charge is 0.338 e. The Bertz CT molecular complexity index is 682. The number of carbonyl (C=O) groups excluding carboxylic acids is 1. The molecule has 1 fully saturated rings. The number of ether oxygens (including phenoxy) is 1. The van der Waals surface area contributed by atoms with E-state index in [2.05, 4.69) is 5.32 Å². The molecule has 6 nitrogen and oxygen atoms in total. The monoisotopic (exact) mass is 354 g/mol. The first kappa shape index (κ1) is 18.9. The van der Waals surface area contributed by atoms with Crippen molar-refractivity contribution in [2.45, 2.75) is 44.6 Å². The van der Waals surface area contributed by atoms with Gasteiger partial charge in [0.05, 0.1) is 17.1 Å². The number of hydrogen-bond acceptors (Lipinski definition) is 5. The second-order valence-electron chi connectivity index (χ2n) is 5.96. The highest BCUT2D eigenvalue weighted by Crippen LogP contribution is 2.25. The van der Waals surface area contributed by atoms with E-state index < -0.39 is 16.0 Å². The normalized spacial score (nSPS) is 18.1. The van der Waals surface area contributed by atoms with Crippen LogP contribution in [0.1, 0.15) is 42.6 Å². The number of rotatable bonds is 7. The van der Waals surface area contributed by atoms with Crippen molar-refractivity contribution < 1.29 is 17.9 Å². The number of sulfonamides is 1. The molecule has 1 aliphatic heterocycles. The molecule has 24 heavy (non-hydrogen) atoms. The van der Waals surface area contributed by atoms with Crippen molar-refractivity contribution in [1.82, 2.24) is 9.62 Å². The Balaban J connectivity index is 2.42. The Morgan fingerprint density at radius 2 is 2.12 bits per heavy atom. The second kappa shape index (κ2) is 8.09. The Kier molecular flexibility index (Phi) is 6.37. The molecule has 0 bridgehead atoms. The van der Waals surface area contributed by atoms with Gasteiger partial charge in [0, 0.05) is 19.1 Å². The molecule has 2 rings (SSSR count). The zero-order valence-electron chi connectivity index (χ0n) is 14.5. The highest BCUT2D eigenvalue weighted by atomic mass is 32.2. The van der Waals surface area contributed by atoms with Gasteiger partial charge in [-0.25, -0.2) is 13.2 Å². The van der Waals surface area contributed by atoms with Gasteiger partial charge in [0.25, 0.3) is 0 Å². The highest BCUT2D eigenvalue weighted by Gasteiger charge is 2.33. The second-order valence-corrected chi connectivity index (χ2v) is 7.82. The van der Waals surface area contributed by atoms with Crippen molar-refractivity contribution in [2.24, 2.45) is 0 Å². The predicted octanol–water partition coefficient (Wildman–Crippen LogP) is 1.93. The fourth-order valence-electron chi connectivity index (χ4n) is 2.95. The van der Waals surface area contributed by atoms with Gasteiger partial charge in [0.15, 0.2) is 0 Å². The minimum Gasteiger partial charge on any atom is -0.462 e. The van der Waals surface area contributed by atoms with E-state index in [1.807, 2.05) is 6.92 Å². The predicted molar refractivity (Wildman–Crippen MR) is 92.6 cm³/mol. The molecule has 1 aromatic carbocycles. The summed E-state index contributed by atoms with van der Waals surface area (Å²) in [6.45, 7) is 7.64. The molecular weight excluding hydrogens is 328 g/mol. The third-order valence-electron chi connectivity index (χ3n) is 4.17. The SMILES string of the molecule is CCCN(C1CCNC1)S(=O)(=O)c1cc(C(=O)OCC)ccc1C. The standard InChI is InChI=1S/C17H26N2O4S/c1-4-10-19(15-8-9-18-12-15)24(21,22)16-11-14(7-6-13(16)3)17(20)23-5-2/h6-7,11,15,18H,4-5,8-10,12H2,1-3H3. The number of carbonyl (C=O) groups is 1. The molecule has 134 valence electrons. The van der Waals surface area contributed by atoms with E-state index in [4.69, 9.17) is 4.74 Å². The zero-order chi connectivity index (χ0) is 17.7. The number of nitrogens with zero attached hydrogens (tertiary/aromatic N) is 1. The molecule has 1 aromatic rings. The van der Waals surface area contributed by atoms with E-state index in [0.29, 0.717) is 18.7 Å². The molecule has 1 N–H and O–H groups in total. The van der Waals surface area contributed by atoms with E-state index in [1.165, 1.54) is 6.07 Å². The molecule has 0 aromatic heterocycles. The summed E-state index contributed by atoms with van der Waals surface area (Å²) in [6.07, 6.45) is 1.54. The first-order valence-corrected chi connectivity index (χ1v) is 9.86. The van der Waals surface area contributed by atoms with Gasteiger partial charge in [-0.2, -0.15) is 4.31 Å².